The fourth-order valence-electron chi connectivity index (χ4n) is 4.24. The van der Waals surface area contributed by atoms with E-state index >= 15 is 0 Å². The molecule has 0 bridgehead atoms. The first-order valence-electron chi connectivity index (χ1n) is 10.2. The van der Waals surface area contributed by atoms with E-state index in [4.69, 9.17) is 0 Å². The number of hydrogen-bond donors (Lipinski definition) is 2. The number of amides is 2. The number of quaternary nitrogens is 1. The Kier molecular flexibility index (Phi) is 7.19. The first-order valence-corrected chi connectivity index (χ1v) is 11.2. The Labute approximate surface area is 166 Å². The Hall–Kier alpha value is -1.53. The van der Waals surface area contributed by atoms with Crippen LogP contribution in [0.4, 0.5) is 0 Å². The molecule has 2 fully saturated rings. The highest BCUT2D eigenvalue weighted by atomic mass is 32.2. The lowest BCUT2D eigenvalue weighted by Crippen LogP contribution is -3.16. The second-order valence-corrected chi connectivity index (χ2v) is 8.85. The molecule has 2 amide bonds. The van der Waals surface area contributed by atoms with E-state index in [2.05, 4.69) is 12.2 Å². The summed E-state index contributed by atoms with van der Waals surface area (Å²) in [5, 5.41) is 3.01. The topological polar surface area (TPSA) is 53.9 Å². The van der Waals surface area contributed by atoms with Gasteiger partial charge in [0.25, 0.3) is 0 Å². The standard InChI is InChI=1S/C21H31N3O2S/c1-16-9-6-7-13-23(16)14-8-12-22-20(26)19-15-27-21(24(19)17(2)25)18-10-4-3-5-11-18/h3-5,10-11,16,19,21H,6-9,12-15H2,1-2H3,(H,22,26)/p+1/t16-,19-,21+/m0/s1. The number of nitrogens with zero attached hydrogens (tertiary/aromatic N) is 1. The third kappa shape index (κ3) is 5.05. The smallest absolute Gasteiger partial charge is 0.243 e. The largest absolute Gasteiger partial charge is 0.354 e. The molecule has 0 aromatic heterocycles. The molecule has 4 atom stereocenters. The highest BCUT2D eigenvalue weighted by molar-refractivity contribution is 7.99. The number of piperidine rings is 1. The zero-order valence-electron chi connectivity index (χ0n) is 16.4. The molecule has 1 aromatic rings. The quantitative estimate of drug-likeness (QED) is 0.726. The highest BCUT2D eigenvalue weighted by Gasteiger charge is 2.40. The summed E-state index contributed by atoms with van der Waals surface area (Å²) in [5.74, 6) is 0.595. The fourth-order valence-corrected chi connectivity index (χ4v) is 5.72. The van der Waals surface area contributed by atoms with Crippen LogP contribution < -0.4 is 10.2 Å². The van der Waals surface area contributed by atoms with Crippen molar-refractivity contribution in [1.29, 1.82) is 0 Å². The van der Waals surface area contributed by atoms with Crippen LogP contribution in [-0.2, 0) is 9.59 Å². The monoisotopic (exact) mass is 390 g/mol. The number of carbonyl (C=O) groups is 2. The Bertz CT molecular complexity index is 640. The molecule has 2 saturated heterocycles. The minimum atomic E-state index is -0.376. The molecule has 2 aliphatic rings. The van der Waals surface area contributed by atoms with E-state index in [0.717, 1.165) is 24.6 Å². The molecule has 0 aliphatic carbocycles. The molecule has 2 heterocycles. The molecule has 5 nitrogen and oxygen atoms in total. The minimum Gasteiger partial charge on any atom is -0.354 e. The molecule has 2 aliphatic heterocycles. The molecule has 0 radical (unpaired) electrons. The number of rotatable bonds is 6. The van der Waals surface area contributed by atoms with Gasteiger partial charge in [0.1, 0.15) is 11.4 Å². The first kappa shape index (κ1) is 20.2. The van der Waals surface area contributed by atoms with Crippen molar-refractivity contribution in [3.05, 3.63) is 35.9 Å². The van der Waals surface area contributed by atoms with Gasteiger partial charge < -0.3 is 15.1 Å². The Balaban J connectivity index is 1.50. The van der Waals surface area contributed by atoms with Gasteiger partial charge in [-0.05, 0) is 31.7 Å². The van der Waals surface area contributed by atoms with Gasteiger partial charge in [-0.1, -0.05) is 30.3 Å². The minimum absolute atomic E-state index is 0.0159. The molecule has 0 saturated carbocycles. The average Bonchev–Trinajstić information content (AvgIpc) is 3.12. The van der Waals surface area contributed by atoms with Gasteiger partial charge in [0.05, 0.1) is 19.1 Å². The van der Waals surface area contributed by atoms with Gasteiger partial charge in [-0.25, -0.2) is 0 Å². The van der Waals surface area contributed by atoms with Crippen LogP contribution in [0.3, 0.4) is 0 Å². The molecule has 148 valence electrons. The van der Waals surface area contributed by atoms with Crippen LogP contribution in [-0.4, -0.2) is 54.2 Å². The van der Waals surface area contributed by atoms with E-state index in [9.17, 15) is 9.59 Å². The van der Waals surface area contributed by atoms with Crippen molar-refractivity contribution in [1.82, 2.24) is 10.2 Å². The van der Waals surface area contributed by atoms with Crippen molar-refractivity contribution in [3.8, 4) is 0 Å². The predicted molar refractivity (Wildman–Crippen MR) is 110 cm³/mol. The van der Waals surface area contributed by atoms with Crippen LogP contribution in [0.2, 0.25) is 0 Å². The molecule has 3 rings (SSSR count). The van der Waals surface area contributed by atoms with Crippen LogP contribution in [0.15, 0.2) is 30.3 Å². The Morgan fingerprint density at radius 1 is 1.26 bits per heavy atom. The maximum atomic E-state index is 12.7. The third-order valence-electron chi connectivity index (χ3n) is 5.81. The second kappa shape index (κ2) is 9.60. The lowest BCUT2D eigenvalue weighted by atomic mass is 10.0. The zero-order valence-corrected chi connectivity index (χ0v) is 17.3. The SMILES string of the molecule is CC(=O)N1[C@@H](c2ccccc2)SC[C@H]1C(=O)NCCC[NH+]1CCCC[C@@H]1C. The van der Waals surface area contributed by atoms with E-state index in [1.54, 1.807) is 28.5 Å². The van der Waals surface area contributed by atoms with E-state index in [1.165, 1.54) is 25.8 Å². The number of likely N-dealkylation sites (tertiary alicyclic amines) is 1. The molecular formula is C21H32N3O2S+. The van der Waals surface area contributed by atoms with Crippen LogP contribution in [0.5, 0.6) is 0 Å². The summed E-state index contributed by atoms with van der Waals surface area (Å²) in [6.07, 6.45) is 4.98. The molecule has 0 spiro atoms. The van der Waals surface area contributed by atoms with Gasteiger partial charge in [-0.3, -0.25) is 9.59 Å². The maximum Gasteiger partial charge on any atom is 0.243 e. The van der Waals surface area contributed by atoms with Crippen molar-refractivity contribution >= 4 is 23.6 Å². The van der Waals surface area contributed by atoms with Crippen LogP contribution in [0, 0.1) is 0 Å². The van der Waals surface area contributed by atoms with Gasteiger partial charge in [0.2, 0.25) is 11.8 Å². The van der Waals surface area contributed by atoms with Gasteiger partial charge in [-0.2, -0.15) is 0 Å². The van der Waals surface area contributed by atoms with E-state index in [0.29, 0.717) is 12.3 Å². The molecular weight excluding hydrogens is 358 g/mol. The summed E-state index contributed by atoms with van der Waals surface area (Å²) in [6.45, 7) is 6.95. The lowest BCUT2D eigenvalue weighted by molar-refractivity contribution is -0.928. The van der Waals surface area contributed by atoms with Gasteiger partial charge in [-0.15, -0.1) is 11.8 Å². The van der Waals surface area contributed by atoms with Crippen LogP contribution in [0.25, 0.3) is 0 Å². The van der Waals surface area contributed by atoms with Crippen molar-refractivity contribution in [2.45, 2.75) is 57.0 Å². The number of hydrogen-bond acceptors (Lipinski definition) is 3. The summed E-state index contributed by atoms with van der Waals surface area (Å²) in [7, 11) is 0. The van der Waals surface area contributed by atoms with E-state index in [-0.39, 0.29) is 23.2 Å². The summed E-state index contributed by atoms with van der Waals surface area (Å²) < 4.78 is 0. The van der Waals surface area contributed by atoms with Crippen molar-refractivity contribution < 1.29 is 14.5 Å². The van der Waals surface area contributed by atoms with Gasteiger partial charge in [0, 0.05) is 25.6 Å². The van der Waals surface area contributed by atoms with Gasteiger partial charge >= 0.3 is 0 Å². The van der Waals surface area contributed by atoms with Crippen molar-refractivity contribution in [3.63, 3.8) is 0 Å². The second-order valence-electron chi connectivity index (χ2n) is 7.74. The lowest BCUT2D eigenvalue weighted by Gasteiger charge is -2.30. The molecule has 2 N–H and O–H groups in total. The third-order valence-corrected chi connectivity index (χ3v) is 7.13. The van der Waals surface area contributed by atoms with Crippen molar-refractivity contribution in [2.75, 3.05) is 25.4 Å². The number of nitrogens with one attached hydrogen (secondary N) is 2. The average molecular weight is 391 g/mol. The Morgan fingerprint density at radius 2 is 2.04 bits per heavy atom. The van der Waals surface area contributed by atoms with Crippen LogP contribution >= 0.6 is 11.8 Å². The normalized spacial score (nSPS) is 28.1. The first-order chi connectivity index (χ1) is 13.1. The molecule has 27 heavy (non-hydrogen) atoms. The number of thioether (sulfide) groups is 1. The van der Waals surface area contributed by atoms with E-state index in [1.807, 2.05) is 30.3 Å². The summed E-state index contributed by atoms with van der Waals surface area (Å²) in [6, 6.07) is 10.3. The molecule has 6 heteroatoms. The number of carbonyl (C=O) groups excluding carboxylic acids is 2. The molecule has 1 unspecified atom stereocenters. The fraction of sp³-hybridized carbons (Fsp3) is 0.619. The summed E-state index contributed by atoms with van der Waals surface area (Å²) in [4.78, 5) is 28.4. The van der Waals surface area contributed by atoms with Gasteiger partial charge in [0.15, 0.2) is 0 Å². The maximum absolute atomic E-state index is 12.7. The zero-order chi connectivity index (χ0) is 19.2. The van der Waals surface area contributed by atoms with Crippen LogP contribution in [0.1, 0.15) is 50.5 Å². The predicted octanol–water partition coefficient (Wildman–Crippen LogP) is 1.61. The van der Waals surface area contributed by atoms with E-state index < -0.39 is 0 Å². The Morgan fingerprint density at radius 3 is 2.74 bits per heavy atom. The molecule has 1 aromatic carbocycles. The van der Waals surface area contributed by atoms with Crippen molar-refractivity contribution in [2.24, 2.45) is 0 Å². The summed E-state index contributed by atoms with van der Waals surface area (Å²) in [5.41, 5.74) is 1.08. The summed E-state index contributed by atoms with van der Waals surface area (Å²) >= 11 is 1.67. The highest BCUT2D eigenvalue weighted by Crippen LogP contribution is 2.41. The number of benzene rings is 1.